The third kappa shape index (κ3) is 4.29. The van der Waals surface area contributed by atoms with Gasteiger partial charge in [-0.25, -0.2) is 9.18 Å². The van der Waals surface area contributed by atoms with Gasteiger partial charge in [-0.3, -0.25) is 4.90 Å². The maximum Gasteiger partial charge on any atom is 0.414 e. The zero-order valence-electron chi connectivity index (χ0n) is 11.4. The molecule has 2 rings (SSSR count). The second-order valence-electron chi connectivity index (χ2n) is 4.39. The van der Waals surface area contributed by atoms with E-state index in [0.717, 1.165) is 5.56 Å². The number of halogens is 1. The number of carbonyl (C=O) groups is 1. The molecule has 0 fully saturated rings. The minimum absolute atomic E-state index is 0.0826. The van der Waals surface area contributed by atoms with E-state index >= 15 is 0 Å². The molecular formula is C16H16FNO3. The van der Waals surface area contributed by atoms with Crippen LogP contribution >= 0.6 is 0 Å². The first-order chi connectivity index (χ1) is 10.2. The Labute approximate surface area is 122 Å². The Hall–Kier alpha value is -2.40. The van der Waals surface area contributed by atoms with Crippen molar-refractivity contribution in [3.63, 3.8) is 0 Å². The summed E-state index contributed by atoms with van der Waals surface area (Å²) in [6.45, 7) is 0.0138. The van der Waals surface area contributed by atoms with Crippen molar-refractivity contribution in [3.8, 4) is 0 Å². The average molecular weight is 289 g/mol. The highest BCUT2D eigenvalue weighted by molar-refractivity contribution is 5.87. The Morgan fingerprint density at radius 3 is 2.38 bits per heavy atom. The van der Waals surface area contributed by atoms with Crippen molar-refractivity contribution in [1.82, 2.24) is 0 Å². The Kier molecular flexibility index (Phi) is 5.29. The summed E-state index contributed by atoms with van der Waals surface area (Å²) in [4.78, 5) is 13.4. The molecule has 0 saturated carbocycles. The highest BCUT2D eigenvalue weighted by Crippen LogP contribution is 2.16. The second-order valence-corrected chi connectivity index (χ2v) is 4.39. The summed E-state index contributed by atoms with van der Waals surface area (Å²) in [5.41, 5.74) is 1.34. The van der Waals surface area contributed by atoms with Crippen molar-refractivity contribution < 1.29 is 19.0 Å². The van der Waals surface area contributed by atoms with Crippen LogP contribution in [0.2, 0.25) is 0 Å². The normalized spacial score (nSPS) is 10.2. The minimum Gasteiger partial charge on any atom is -0.444 e. The number of aliphatic hydroxyl groups is 1. The lowest BCUT2D eigenvalue weighted by molar-refractivity contribution is 0.145. The van der Waals surface area contributed by atoms with Gasteiger partial charge in [-0.05, 0) is 29.8 Å². The summed E-state index contributed by atoms with van der Waals surface area (Å²) in [5, 5.41) is 9.06. The Bertz CT molecular complexity index is 572. The lowest BCUT2D eigenvalue weighted by Gasteiger charge is -2.21. The van der Waals surface area contributed by atoms with Crippen LogP contribution in [0.1, 0.15) is 5.56 Å². The van der Waals surface area contributed by atoms with E-state index < -0.39 is 6.09 Å². The number of nitrogens with zero attached hydrogens (tertiary/aromatic N) is 1. The van der Waals surface area contributed by atoms with E-state index in [1.165, 1.54) is 29.2 Å². The van der Waals surface area contributed by atoms with Crippen molar-refractivity contribution in [2.24, 2.45) is 0 Å². The molecule has 0 aliphatic carbocycles. The zero-order valence-corrected chi connectivity index (χ0v) is 11.4. The van der Waals surface area contributed by atoms with Crippen LogP contribution < -0.4 is 4.90 Å². The summed E-state index contributed by atoms with van der Waals surface area (Å²) in [7, 11) is 0. The molecular weight excluding hydrogens is 273 g/mol. The van der Waals surface area contributed by atoms with Crippen LogP contribution in [0.25, 0.3) is 0 Å². The Balaban J connectivity index is 2.03. The summed E-state index contributed by atoms with van der Waals surface area (Å²) in [6, 6.07) is 14.7. The lowest BCUT2D eigenvalue weighted by atomic mass is 10.2. The molecule has 2 aromatic rings. The van der Waals surface area contributed by atoms with E-state index in [9.17, 15) is 9.18 Å². The van der Waals surface area contributed by atoms with Crippen molar-refractivity contribution in [2.75, 3.05) is 18.1 Å². The molecule has 0 bridgehead atoms. The highest BCUT2D eigenvalue weighted by atomic mass is 19.1. The van der Waals surface area contributed by atoms with Crippen LogP contribution in [0.5, 0.6) is 0 Å². The van der Waals surface area contributed by atoms with Crippen molar-refractivity contribution in [3.05, 3.63) is 66.0 Å². The predicted octanol–water partition coefficient (Wildman–Crippen LogP) is 2.96. The van der Waals surface area contributed by atoms with Gasteiger partial charge in [0.25, 0.3) is 0 Å². The van der Waals surface area contributed by atoms with E-state index in [-0.39, 0.29) is 25.6 Å². The molecule has 0 aliphatic rings. The van der Waals surface area contributed by atoms with Crippen molar-refractivity contribution >= 4 is 11.8 Å². The fourth-order valence-electron chi connectivity index (χ4n) is 1.84. The molecule has 5 heteroatoms. The summed E-state index contributed by atoms with van der Waals surface area (Å²) >= 11 is 0. The van der Waals surface area contributed by atoms with Gasteiger partial charge in [0, 0.05) is 5.69 Å². The van der Waals surface area contributed by atoms with Crippen molar-refractivity contribution in [2.45, 2.75) is 6.61 Å². The number of amides is 1. The maximum atomic E-state index is 12.9. The van der Waals surface area contributed by atoms with Gasteiger partial charge in [0.15, 0.2) is 0 Å². The van der Waals surface area contributed by atoms with Crippen LogP contribution in [-0.4, -0.2) is 24.4 Å². The van der Waals surface area contributed by atoms with Gasteiger partial charge in [-0.15, -0.1) is 0 Å². The number of anilines is 1. The largest absolute Gasteiger partial charge is 0.444 e. The topological polar surface area (TPSA) is 49.8 Å². The van der Waals surface area contributed by atoms with Gasteiger partial charge in [-0.1, -0.05) is 30.3 Å². The molecule has 2 aromatic carbocycles. The van der Waals surface area contributed by atoms with Gasteiger partial charge in [-0.2, -0.15) is 0 Å². The smallest absolute Gasteiger partial charge is 0.414 e. The first-order valence-corrected chi connectivity index (χ1v) is 6.55. The van der Waals surface area contributed by atoms with Gasteiger partial charge < -0.3 is 9.84 Å². The minimum atomic E-state index is -0.584. The SMILES string of the molecule is O=C(OCc1ccccc1)N(CCO)c1ccc(F)cc1. The van der Waals surface area contributed by atoms with E-state index in [2.05, 4.69) is 0 Å². The molecule has 0 atom stereocenters. The van der Waals surface area contributed by atoms with E-state index in [1.807, 2.05) is 30.3 Å². The van der Waals surface area contributed by atoms with Crippen LogP contribution in [0, 0.1) is 5.82 Å². The lowest BCUT2D eigenvalue weighted by Crippen LogP contribution is -2.34. The number of ether oxygens (including phenoxy) is 1. The van der Waals surface area contributed by atoms with Crippen LogP contribution in [0.4, 0.5) is 14.9 Å². The number of benzene rings is 2. The van der Waals surface area contributed by atoms with Gasteiger partial charge in [0.2, 0.25) is 0 Å². The first kappa shape index (κ1) is 15.0. The van der Waals surface area contributed by atoms with Gasteiger partial charge in [0.1, 0.15) is 12.4 Å². The summed E-state index contributed by atoms with van der Waals surface area (Å²) < 4.78 is 18.1. The molecule has 1 amide bonds. The Morgan fingerprint density at radius 2 is 1.76 bits per heavy atom. The molecule has 0 spiro atoms. The quantitative estimate of drug-likeness (QED) is 0.920. The molecule has 110 valence electrons. The average Bonchev–Trinajstić information content (AvgIpc) is 2.52. The molecule has 4 nitrogen and oxygen atoms in total. The zero-order chi connectivity index (χ0) is 15.1. The number of hydrogen-bond acceptors (Lipinski definition) is 3. The fraction of sp³-hybridized carbons (Fsp3) is 0.188. The number of carbonyl (C=O) groups excluding carboxylic acids is 1. The Morgan fingerprint density at radius 1 is 1.10 bits per heavy atom. The van der Waals surface area contributed by atoms with Crippen LogP contribution in [0.15, 0.2) is 54.6 Å². The third-order valence-electron chi connectivity index (χ3n) is 2.89. The van der Waals surface area contributed by atoms with E-state index in [1.54, 1.807) is 0 Å². The van der Waals surface area contributed by atoms with Gasteiger partial charge in [0.05, 0.1) is 13.2 Å². The maximum absolute atomic E-state index is 12.9. The third-order valence-corrected chi connectivity index (χ3v) is 2.89. The van der Waals surface area contributed by atoms with E-state index in [0.29, 0.717) is 5.69 Å². The van der Waals surface area contributed by atoms with Crippen LogP contribution in [-0.2, 0) is 11.3 Å². The second kappa shape index (κ2) is 7.40. The highest BCUT2D eigenvalue weighted by Gasteiger charge is 2.16. The first-order valence-electron chi connectivity index (χ1n) is 6.55. The summed E-state index contributed by atoms with van der Waals surface area (Å²) in [5.74, 6) is -0.389. The molecule has 0 heterocycles. The van der Waals surface area contributed by atoms with Crippen LogP contribution in [0.3, 0.4) is 0 Å². The molecule has 0 saturated heterocycles. The molecule has 0 aliphatic heterocycles. The molecule has 1 N–H and O–H groups in total. The number of rotatable bonds is 5. The van der Waals surface area contributed by atoms with E-state index in [4.69, 9.17) is 9.84 Å². The number of aliphatic hydroxyl groups excluding tert-OH is 1. The monoisotopic (exact) mass is 289 g/mol. The fourth-order valence-corrected chi connectivity index (χ4v) is 1.84. The molecule has 21 heavy (non-hydrogen) atoms. The summed E-state index contributed by atoms with van der Waals surface area (Å²) in [6.07, 6.45) is -0.584. The van der Waals surface area contributed by atoms with Gasteiger partial charge >= 0.3 is 6.09 Å². The number of hydrogen-bond donors (Lipinski definition) is 1. The van der Waals surface area contributed by atoms with Crippen molar-refractivity contribution in [1.29, 1.82) is 0 Å². The molecule has 0 aromatic heterocycles. The molecule has 0 radical (unpaired) electrons. The standard InChI is InChI=1S/C16H16FNO3/c17-14-6-8-15(9-7-14)18(10-11-19)16(20)21-12-13-4-2-1-3-5-13/h1-9,19H,10-12H2. The molecule has 0 unspecified atom stereocenters. The predicted molar refractivity (Wildman–Crippen MR) is 77.5 cm³/mol.